The molecule has 196 valence electrons. The predicted molar refractivity (Wildman–Crippen MR) is 166 cm³/mol. The maximum Gasteiger partial charge on any atom is 0.443 e. The van der Waals surface area contributed by atoms with Crippen LogP contribution < -0.4 is 14.8 Å². The number of likely N-dealkylation sites (tertiary alicyclic amines) is 1. The van der Waals surface area contributed by atoms with Crippen molar-refractivity contribution in [3.8, 4) is 11.5 Å². The average molecular weight is 667 g/mol. The molecular weight excluding hydrogens is 632 g/mol. The second-order valence-corrected chi connectivity index (χ2v) is 17.2. The Hall–Kier alpha value is -0.730. The van der Waals surface area contributed by atoms with Crippen LogP contribution in [0.1, 0.15) is 62.2 Å². The van der Waals surface area contributed by atoms with Gasteiger partial charge in [0.25, 0.3) is 22.0 Å². The van der Waals surface area contributed by atoms with E-state index in [2.05, 4.69) is 58.8 Å². The maximum atomic E-state index is 12.2. The fraction of sp³-hybridized carbons (Fsp3) is 0.517. The van der Waals surface area contributed by atoms with Gasteiger partial charge in [0, 0.05) is 18.2 Å². The van der Waals surface area contributed by atoms with Crippen LogP contribution in [-0.2, 0) is 4.57 Å². The zero-order valence-corrected chi connectivity index (χ0v) is 25.8. The van der Waals surface area contributed by atoms with Crippen LogP contribution in [0.2, 0.25) is 0 Å². The van der Waals surface area contributed by atoms with E-state index in [1.807, 2.05) is 34.2 Å². The van der Waals surface area contributed by atoms with Gasteiger partial charge < -0.3 is 9.47 Å². The van der Waals surface area contributed by atoms with Crippen LogP contribution in [0.3, 0.4) is 0 Å². The Kier molecular flexibility index (Phi) is 8.44. The van der Waals surface area contributed by atoms with Crippen LogP contribution in [0, 0.1) is 0 Å². The minimum atomic E-state index is -1.43. The number of fused-ring (bicyclic) bond motifs is 2. The lowest BCUT2D eigenvalue weighted by molar-refractivity contribution is 0.183. The Bertz CT molecular complexity index is 1180. The van der Waals surface area contributed by atoms with Gasteiger partial charge in [0.2, 0.25) is 5.30 Å². The Morgan fingerprint density at radius 1 is 1.05 bits per heavy atom. The lowest BCUT2D eigenvalue weighted by Gasteiger charge is -2.44. The van der Waals surface area contributed by atoms with Gasteiger partial charge in [-0.1, -0.05) is 23.1 Å². The second-order valence-electron chi connectivity index (χ2n) is 10.4. The van der Waals surface area contributed by atoms with Crippen LogP contribution in [-0.4, -0.2) is 46.7 Å². The van der Waals surface area contributed by atoms with E-state index >= 15 is 0 Å². The first-order valence-electron chi connectivity index (χ1n) is 13.5. The van der Waals surface area contributed by atoms with E-state index in [9.17, 15) is 4.57 Å². The lowest BCUT2D eigenvalue weighted by atomic mass is 9.80. The summed E-state index contributed by atoms with van der Waals surface area (Å²) >= 11 is 6.33. The van der Waals surface area contributed by atoms with Gasteiger partial charge in [-0.2, -0.15) is 0 Å². The predicted octanol–water partition coefficient (Wildman–Crippen LogP) is 7.99. The number of hydrogen-bond donors (Lipinski definition) is 0. The molecule has 0 saturated carbocycles. The Labute approximate surface area is 243 Å². The minimum Gasteiger partial charge on any atom is -0.492 e. The zero-order valence-electron chi connectivity index (χ0n) is 21.1. The van der Waals surface area contributed by atoms with Crippen molar-refractivity contribution in [3.63, 3.8) is 0 Å². The number of allylic oxidation sites excluding steroid dienone is 1. The topological polar surface area (TPSA) is 38.8 Å². The molecule has 3 heterocycles. The van der Waals surface area contributed by atoms with Gasteiger partial charge in [0.1, 0.15) is 24.2 Å². The smallest absolute Gasteiger partial charge is 0.443 e. The molecular formula is C29H34INO3PS2+. The van der Waals surface area contributed by atoms with Crippen molar-refractivity contribution >= 4 is 61.9 Å². The normalized spacial score (nSPS) is 23.7. The molecule has 0 radical (unpaired) electrons. The largest absolute Gasteiger partial charge is 0.492 e. The Balaban J connectivity index is 1.25. The SMILES string of the molecule is O=[P+](I)c1ccc2c(c1)O[C@@H](c1ccc(OCCN3CCCCC3)cc1)C1=C2CCC2(C1)SCCCS2. The van der Waals surface area contributed by atoms with Crippen LogP contribution in [0.4, 0.5) is 0 Å². The Morgan fingerprint density at radius 3 is 2.59 bits per heavy atom. The number of thioether (sulfide) groups is 2. The van der Waals surface area contributed by atoms with Gasteiger partial charge in [0.15, 0.2) is 0 Å². The van der Waals surface area contributed by atoms with Crippen LogP contribution in [0.5, 0.6) is 11.5 Å². The first-order chi connectivity index (χ1) is 18.1. The summed E-state index contributed by atoms with van der Waals surface area (Å²) in [7, 11) is 0. The summed E-state index contributed by atoms with van der Waals surface area (Å²) < 4.78 is 25.4. The summed E-state index contributed by atoms with van der Waals surface area (Å²) in [6.07, 6.45) is 8.54. The highest BCUT2D eigenvalue weighted by Gasteiger charge is 2.43. The standard InChI is InChI=1S/C29H34INO3PS2/c30-35(32)23-9-10-25-24-11-12-29(36-17-4-18-37-29)20-26(24)28(34-27(25)19-23)21-5-7-22(8-6-21)33-16-15-31-13-2-1-3-14-31/h5-10,19,28H,1-4,11-18,20H2/q+1/t28-/m0/s1. The monoisotopic (exact) mass is 666 g/mol. The molecule has 0 bridgehead atoms. The molecule has 0 aromatic heterocycles. The number of nitrogens with zero attached hydrogens (tertiary/aromatic N) is 1. The van der Waals surface area contributed by atoms with E-state index in [-0.39, 0.29) is 10.2 Å². The highest BCUT2D eigenvalue weighted by atomic mass is 127. The molecule has 4 nitrogen and oxygen atoms in total. The van der Waals surface area contributed by atoms with E-state index in [4.69, 9.17) is 9.47 Å². The number of hydrogen-bond acceptors (Lipinski definition) is 6. The van der Waals surface area contributed by atoms with Gasteiger partial charge in [-0.15, -0.1) is 23.5 Å². The highest BCUT2D eigenvalue weighted by molar-refractivity contribution is 14.2. The summed E-state index contributed by atoms with van der Waals surface area (Å²) in [6, 6.07) is 14.7. The molecule has 2 aromatic carbocycles. The van der Waals surface area contributed by atoms with E-state index < -0.39 is 5.44 Å². The van der Waals surface area contributed by atoms with Crippen LogP contribution in [0.15, 0.2) is 48.0 Å². The lowest BCUT2D eigenvalue weighted by Crippen LogP contribution is -2.33. The van der Waals surface area contributed by atoms with Gasteiger partial charge in [0.05, 0.1) is 4.08 Å². The summed E-state index contributed by atoms with van der Waals surface area (Å²) in [4.78, 5) is 2.51. The zero-order chi connectivity index (χ0) is 25.2. The number of ether oxygens (including phenoxy) is 2. The van der Waals surface area contributed by atoms with Crippen molar-refractivity contribution in [2.75, 3.05) is 37.7 Å². The van der Waals surface area contributed by atoms with Gasteiger partial charge >= 0.3 is 5.44 Å². The van der Waals surface area contributed by atoms with E-state index in [1.165, 1.54) is 79.0 Å². The summed E-state index contributed by atoms with van der Waals surface area (Å²) in [6.45, 7) is 4.13. The highest BCUT2D eigenvalue weighted by Crippen LogP contribution is 2.58. The van der Waals surface area contributed by atoms with Crippen molar-refractivity contribution in [3.05, 3.63) is 59.2 Å². The fourth-order valence-corrected chi connectivity index (χ4v) is 10.7. The third kappa shape index (κ3) is 5.91. The number of benzene rings is 2. The van der Waals surface area contributed by atoms with Crippen molar-refractivity contribution in [2.24, 2.45) is 0 Å². The van der Waals surface area contributed by atoms with E-state index in [0.717, 1.165) is 42.8 Å². The molecule has 6 rings (SSSR count). The molecule has 1 aliphatic carbocycles. The molecule has 2 fully saturated rings. The number of piperidine rings is 1. The number of rotatable bonds is 6. The fourth-order valence-electron chi connectivity index (χ4n) is 6.03. The van der Waals surface area contributed by atoms with Crippen molar-refractivity contribution in [1.82, 2.24) is 4.90 Å². The molecule has 0 N–H and O–H groups in total. The third-order valence-corrected chi connectivity index (χ3v) is 13.8. The van der Waals surface area contributed by atoms with Gasteiger partial charge in [-0.3, -0.25) is 4.90 Å². The molecule has 2 aromatic rings. The second kappa shape index (κ2) is 11.8. The van der Waals surface area contributed by atoms with E-state index in [1.54, 1.807) is 0 Å². The first kappa shape index (κ1) is 26.5. The average Bonchev–Trinajstić information content (AvgIpc) is 2.93. The van der Waals surface area contributed by atoms with Crippen molar-refractivity contribution < 1.29 is 14.0 Å². The number of halogens is 1. The van der Waals surface area contributed by atoms with Gasteiger partial charge in [-0.25, -0.2) is 0 Å². The minimum absolute atomic E-state index is 0.104. The molecule has 3 aliphatic heterocycles. The summed E-state index contributed by atoms with van der Waals surface area (Å²) in [5, 5.41) is 0.847. The molecule has 2 atom stereocenters. The molecule has 2 saturated heterocycles. The molecule has 1 unspecified atom stereocenters. The van der Waals surface area contributed by atoms with E-state index in [0.29, 0.717) is 0 Å². The maximum absolute atomic E-state index is 12.2. The molecule has 37 heavy (non-hydrogen) atoms. The van der Waals surface area contributed by atoms with Crippen LogP contribution in [0.25, 0.3) is 5.57 Å². The molecule has 1 spiro atoms. The van der Waals surface area contributed by atoms with Gasteiger partial charge in [-0.05, 0) is 104 Å². The summed E-state index contributed by atoms with van der Waals surface area (Å²) in [5.41, 5.74) is 3.82. The molecule has 8 heteroatoms. The molecule has 4 aliphatic rings. The third-order valence-electron chi connectivity index (χ3n) is 7.98. The van der Waals surface area contributed by atoms with Crippen LogP contribution >= 0.6 is 51.0 Å². The Morgan fingerprint density at radius 2 is 1.84 bits per heavy atom. The molecule has 0 amide bonds. The van der Waals surface area contributed by atoms with Crippen molar-refractivity contribution in [1.29, 1.82) is 0 Å². The summed E-state index contributed by atoms with van der Waals surface area (Å²) in [5.74, 6) is 4.32. The van der Waals surface area contributed by atoms with Crippen molar-refractivity contribution in [2.45, 2.75) is 55.1 Å². The quantitative estimate of drug-likeness (QED) is 0.230. The first-order valence-corrected chi connectivity index (χ1v) is 19.5.